The van der Waals surface area contributed by atoms with Gasteiger partial charge in [0.2, 0.25) is 0 Å². The summed E-state index contributed by atoms with van der Waals surface area (Å²) in [6.07, 6.45) is 0. The molecular weight excluding hydrogens is 359 g/mol. The van der Waals surface area contributed by atoms with Crippen LogP contribution in [0.2, 0.25) is 0 Å². The molecule has 0 unspecified atom stereocenters. The van der Waals surface area contributed by atoms with Crippen LogP contribution in [0, 0.1) is 17.5 Å². The van der Waals surface area contributed by atoms with E-state index in [4.69, 9.17) is 9.47 Å². The largest absolute Gasteiger partial charge is 0.490 e. The maximum absolute atomic E-state index is 13.7. The fraction of sp³-hybridized carbons (Fsp3) is 0.250. The van der Waals surface area contributed by atoms with Gasteiger partial charge in [-0.25, -0.2) is 21.6 Å². The highest BCUT2D eigenvalue weighted by Crippen LogP contribution is 2.32. The molecule has 0 aliphatic heterocycles. The number of anilines is 1. The van der Waals surface area contributed by atoms with Crippen molar-refractivity contribution < 1.29 is 31.1 Å². The third kappa shape index (κ3) is 4.16. The molecule has 0 aliphatic rings. The zero-order chi connectivity index (χ0) is 18.6. The van der Waals surface area contributed by atoms with Crippen LogP contribution in [0.4, 0.5) is 18.9 Å². The van der Waals surface area contributed by atoms with E-state index in [1.165, 1.54) is 18.2 Å². The van der Waals surface area contributed by atoms with Crippen molar-refractivity contribution in [3.05, 3.63) is 47.8 Å². The van der Waals surface area contributed by atoms with Crippen LogP contribution in [-0.4, -0.2) is 21.6 Å². The van der Waals surface area contributed by atoms with Gasteiger partial charge in [0, 0.05) is 6.07 Å². The number of nitrogens with one attached hydrogen (secondary N) is 1. The molecule has 0 fully saturated rings. The highest BCUT2D eigenvalue weighted by atomic mass is 32.2. The van der Waals surface area contributed by atoms with Crippen LogP contribution in [0.1, 0.15) is 13.8 Å². The van der Waals surface area contributed by atoms with Crippen molar-refractivity contribution in [3.63, 3.8) is 0 Å². The Labute approximate surface area is 143 Å². The fourth-order valence-electron chi connectivity index (χ4n) is 2.04. The minimum atomic E-state index is -4.47. The molecule has 0 spiro atoms. The normalized spacial score (nSPS) is 11.2. The van der Waals surface area contributed by atoms with Crippen LogP contribution < -0.4 is 14.2 Å². The smallest absolute Gasteiger partial charge is 0.264 e. The van der Waals surface area contributed by atoms with Gasteiger partial charge in [0.15, 0.2) is 29.0 Å². The second kappa shape index (κ2) is 7.64. The molecule has 9 heteroatoms. The van der Waals surface area contributed by atoms with Gasteiger partial charge in [-0.05, 0) is 38.1 Å². The molecule has 2 aromatic rings. The summed E-state index contributed by atoms with van der Waals surface area (Å²) >= 11 is 0. The second-order valence-electron chi connectivity index (χ2n) is 4.81. The minimum absolute atomic E-state index is 0.0519. The molecular formula is C16H16F3NO4S. The lowest BCUT2D eigenvalue weighted by molar-refractivity contribution is 0.288. The Hall–Kier alpha value is -2.42. The van der Waals surface area contributed by atoms with Gasteiger partial charge in [0.05, 0.1) is 18.9 Å². The third-order valence-corrected chi connectivity index (χ3v) is 4.48. The van der Waals surface area contributed by atoms with E-state index in [-0.39, 0.29) is 11.4 Å². The summed E-state index contributed by atoms with van der Waals surface area (Å²) in [5, 5.41) is 0. The first kappa shape index (κ1) is 18.9. The number of halogens is 3. The summed E-state index contributed by atoms with van der Waals surface area (Å²) in [5.74, 6) is -4.43. The molecule has 0 aromatic heterocycles. The van der Waals surface area contributed by atoms with E-state index < -0.39 is 32.4 Å². The van der Waals surface area contributed by atoms with Gasteiger partial charge in [0.1, 0.15) is 4.90 Å². The summed E-state index contributed by atoms with van der Waals surface area (Å²) < 4.78 is 77.3. The van der Waals surface area contributed by atoms with Gasteiger partial charge in [-0.1, -0.05) is 0 Å². The van der Waals surface area contributed by atoms with Gasteiger partial charge in [0.25, 0.3) is 10.0 Å². The van der Waals surface area contributed by atoms with Gasteiger partial charge < -0.3 is 9.47 Å². The predicted molar refractivity (Wildman–Crippen MR) is 85.9 cm³/mol. The van der Waals surface area contributed by atoms with E-state index in [1.807, 2.05) is 0 Å². The topological polar surface area (TPSA) is 64.6 Å². The molecule has 1 N–H and O–H groups in total. The Morgan fingerprint density at radius 3 is 2.20 bits per heavy atom. The molecule has 5 nitrogen and oxygen atoms in total. The average Bonchev–Trinajstić information content (AvgIpc) is 2.55. The lowest BCUT2D eigenvalue weighted by atomic mass is 10.3. The van der Waals surface area contributed by atoms with Gasteiger partial charge in [-0.2, -0.15) is 0 Å². The van der Waals surface area contributed by atoms with Gasteiger partial charge >= 0.3 is 0 Å². The minimum Gasteiger partial charge on any atom is -0.490 e. The summed E-state index contributed by atoms with van der Waals surface area (Å²) in [4.78, 5) is -1.00. The summed E-state index contributed by atoms with van der Waals surface area (Å²) in [6, 6.07) is 5.39. The van der Waals surface area contributed by atoms with E-state index in [2.05, 4.69) is 4.72 Å². The van der Waals surface area contributed by atoms with Gasteiger partial charge in [-0.3, -0.25) is 4.72 Å². The van der Waals surface area contributed by atoms with Crippen molar-refractivity contribution >= 4 is 15.7 Å². The zero-order valence-corrected chi connectivity index (χ0v) is 14.3. The quantitative estimate of drug-likeness (QED) is 0.750. The van der Waals surface area contributed by atoms with Crippen LogP contribution >= 0.6 is 0 Å². The van der Waals surface area contributed by atoms with Crippen molar-refractivity contribution in [1.29, 1.82) is 0 Å². The molecule has 0 bridgehead atoms. The molecule has 0 aliphatic carbocycles. The molecule has 136 valence electrons. The molecule has 0 atom stereocenters. The Morgan fingerprint density at radius 1 is 0.920 bits per heavy atom. The monoisotopic (exact) mass is 375 g/mol. The maximum atomic E-state index is 13.7. The van der Waals surface area contributed by atoms with Crippen molar-refractivity contribution in [2.24, 2.45) is 0 Å². The highest BCUT2D eigenvalue weighted by molar-refractivity contribution is 7.92. The molecule has 0 saturated heterocycles. The van der Waals surface area contributed by atoms with E-state index in [0.29, 0.717) is 31.1 Å². The Morgan fingerprint density at radius 2 is 1.56 bits per heavy atom. The Balaban J connectivity index is 2.38. The Bertz CT molecular complexity index is 872. The van der Waals surface area contributed by atoms with Crippen LogP contribution in [0.3, 0.4) is 0 Å². The highest BCUT2D eigenvalue weighted by Gasteiger charge is 2.24. The van der Waals surface area contributed by atoms with Crippen molar-refractivity contribution in [2.45, 2.75) is 18.7 Å². The maximum Gasteiger partial charge on any atom is 0.264 e. The SMILES string of the molecule is CCOc1ccc(NS(=O)(=O)c2ccc(F)c(F)c2F)cc1OCC. The molecule has 0 radical (unpaired) electrons. The zero-order valence-electron chi connectivity index (χ0n) is 13.5. The number of hydrogen-bond donors (Lipinski definition) is 1. The van der Waals surface area contributed by atoms with Crippen LogP contribution in [0.5, 0.6) is 11.5 Å². The average molecular weight is 375 g/mol. The third-order valence-electron chi connectivity index (χ3n) is 3.08. The summed E-state index contributed by atoms with van der Waals surface area (Å²) in [5.41, 5.74) is 0.0519. The Kier molecular flexibility index (Phi) is 5.78. The number of ether oxygens (including phenoxy) is 2. The van der Waals surface area contributed by atoms with E-state index in [9.17, 15) is 21.6 Å². The number of sulfonamides is 1. The molecule has 0 heterocycles. The summed E-state index contributed by atoms with van der Waals surface area (Å²) in [7, 11) is -4.47. The first-order chi connectivity index (χ1) is 11.8. The fourth-order valence-corrected chi connectivity index (χ4v) is 3.16. The van der Waals surface area contributed by atoms with E-state index >= 15 is 0 Å². The molecule has 25 heavy (non-hydrogen) atoms. The number of benzene rings is 2. The van der Waals surface area contributed by atoms with Crippen LogP contribution in [0.15, 0.2) is 35.2 Å². The first-order valence-corrected chi connectivity index (χ1v) is 8.84. The van der Waals surface area contributed by atoms with Crippen molar-refractivity contribution in [3.8, 4) is 11.5 Å². The first-order valence-electron chi connectivity index (χ1n) is 7.36. The van der Waals surface area contributed by atoms with E-state index in [0.717, 1.165) is 0 Å². The lowest BCUT2D eigenvalue weighted by Crippen LogP contribution is -2.16. The van der Waals surface area contributed by atoms with Crippen molar-refractivity contribution in [2.75, 3.05) is 17.9 Å². The number of hydrogen-bond acceptors (Lipinski definition) is 4. The van der Waals surface area contributed by atoms with Crippen molar-refractivity contribution in [1.82, 2.24) is 0 Å². The predicted octanol–water partition coefficient (Wildman–Crippen LogP) is 3.70. The van der Waals surface area contributed by atoms with Crippen LogP contribution in [0.25, 0.3) is 0 Å². The molecule has 0 amide bonds. The molecule has 0 saturated carbocycles. The standard InChI is InChI=1S/C16H16F3NO4S/c1-3-23-12-7-5-10(9-13(12)24-4-2)20-25(21,22)14-8-6-11(17)15(18)16(14)19/h5-9,20H,3-4H2,1-2H3. The second-order valence-corrected chi connectivity index (χ2v) is 6.46. The summed E-state index contributed by atoms with van der Waals surface area (Å²) in [6.45, 7) is 4.21. The van der Waals surface area contributed by atoms with E-state index in [1.54, 1.807) is 13.8 Å². The van der Waals surface area contributed by atoms with Gasteiger partial charge in [-0.15, -0.1) is 0 Å². The lowest BCUT2D eigenvalue weighted by Gasteiger charge is -2.14. The molecule has 2 rings (SSSR count). The molecule has 2 aromatic carbocycles. The van der Waals surface area contributed by atoms with Crippen LogP contribution in [-0.2, 0) is 10.0 Å². The number of rotatable bonds is 7.